The van der Waals surface area contributed by atoms with Gasteiger partial charge in [-0.2, -0.15) is 5.10 Å². The van der Waals surface area contributed by atoms with Crippen molar-refractivity contribution in [2.45, 2.75) is 13.5 Å². The highest BCUT2D eigenvalue weighted by molar-refractivity contribution is 14.1. The van der Waals surface area contributed by atoms with Crippen molar-refractivity contribution in [2.24, 2.45) is 5.10 Å². The summed E-state index contributed by atoms with van der Waals surface area (Å²) in [6.07, 6.45) is 1.54. The Labute approximate surface area is 233 Å². The zero-order valence-corrected chi connectivity index (χ0v) is 23.2. The summed E-state index contributed by atoms with van der Waals surface area (Å²) in [5.74, 6) is 1.09. The van der Waals surface area contributed by atoms with Gasteiger partial charge < -0.3 is 13.9 Å². The topological polar surface area (TPSA) is 116 Å². The van der Waals surface area contributed by atoms with E-state index < -0.39 is 10.8 Å². The number of furan rings is 1. The van der Waals surface area contributed by atoms with Gasteiger partial charge in [0.05, 0.1) is 24.9 Å². The predicted molar refractivity (Wildman–Crippen MR) is 152 cm³/mol. The average molecular weight is 711 g/mol. The molecule has 4 aromatic rings. The summed E-state index contributed by atoms with van der Waals surface area (Å²) >= 11 is 4.33. The van der Waals surface area contributed by atoms with E-state index in [0.717, 1.165) is 23.7 Å². The summed E-state index contributed by atoms with van der Waals surface area (Å²) in [7, 11) is 0. The van der Waals surface area contributed by atoms with Crippen LogP contribution in [0.4, 0.5) is 5.69 Å². The second kappa shape index (κ2) is 11.7. The number of carbonyl (C=O) groups is 1. The molecule has 1 aromatic heterocycles. The molecule has 184 valence electrons. The predicted octanol–water partition coefficient (Wildman–Crippen LogP) is 6.29. The maximum absolute atomic E-state index is 12.5. The highest BCUT2D eigenvalue weighted by Gasteiger charge is 2.13. The number of nitrogens with zero attached hydrogens (tertiary/aromatic N) is 2. The van der Waals surface area contributed by atoms with E-state index in [1.165, 1.54) is 18.3 Å². The van der Waals surface area contributed by atoms with Gasteiger partial charge in [-0.15, -0.1) is 0 Å². The Hall–Kier alpha value is -3.20. The van der Waals surface area contributed by atoms with Gasteiger partial charge in [0, 0.05) is 17.5 Å². The van der Waals surface area contributed by atoms with Gasteiger partial charge >= 0.3 is 5.91 Å². The number of benzene rings is 3. The van der Waals surface area contributed by atoms with Crippen LogP contribution in [0.25, 0.3) is 11.0 Å². The highest BCUT2D eigenvalue weighted by Crippen LogP contribution is 2.29. The third-order valence-corrected chi connectivity index (χ3v) is 6.56. The van der Waals surface area contributed by atoms with Gasteiger partial charge in [-0.3, -0.25) is 14.9 Å². The van der Waals surface area contributed by atoms with Crippen molar-refractivity contribution in [3.05, 3.63) is 94.8 Å². The van der Waals surface area contributed by atoms with E-state index in [4.69, 9.17) is 13.9 Å². The van der Waals surface area contributed by atoms with Crippen LogP contribution in [0.15, 0.2) is 70.2 Å². The molecule has 0 aliphatic carbocycles. The molecule has 36 heavy (non-hydrogen) atoms. The normalized spacial score (nSPS) is 11.1. The number of hydrogen-bond donors (Lipinski definition) is 1. The number of non-ortho nitro benzene ring substituents is 1. The molecule has 0 saturated heterocycles. The summed E-state index contributed by atoms with van der Waals surface area (Å²) in [6, 6.07) is 17.0. The number of nitro groups is 1. The summed E-state index contributed by atoms with van der Waals surface area (Å²) in [5, 5.41) is 15.6. The summed E-state index contributed by atoms with van der Waals surface area (Å²) in [4.78, 5) is 22.8. The molecule has 3 aromatic carbocycles. The van der Waals surface area contributed by atoms with Gasteiger partial charge in [0.15, 0.2) is 5.76 Å². The molecule has 0 atom stereocenters. The van der Waals surface area contributed by atoms with Crippen molar-refractivity contribution in [2.75, 3.05) is 6.61 Å². The first-order chi connectivity index (χ1) is 17.3. The molecule has 0 unspecified atom stereocenters. The van der Waals surface area contributed by atoms with Crippen LogP contribution in [-0.2, 0) is 6.61 Å². The average Bonchev–Trinajstić information content (AvgIpc) is 3.28. The van der Waals surface area contributed by atoms with E-state index in [9.17, 15) is 14.9 Å². The Balaban J connectivity index is 1.38. The Morgan fingerprint density at radius 2 is 1.81 bits per heavy atom. The zero-order valence-electron chi connectivity index (χ0n) is 18.9. The minimum absolute atomic E-state index is 0.0367. The first kappa shape index (κ1) is 25.9. The van der Waals surface area contributed by atoms with E-state index in [-0.39, 0.29) is 18.1 Å². The lowest BCUT2D eigenvalue weighted by Crippen LogP contribution is -2.16. The van der Waals surface area contributed by atoms with Crippen LogP contribution in [0.5, 0.6) is 11.5 Å². The SMILES string of the molecule is CCOc1ccc2oc(C(=O)N/N=C/c3cc(I)c(OCc4ccc([N+](=O)[O-])cc4)c(I)c3)cc2c1. The molecule has 11 heteroatoms. The van der Waals surface area contributed by atoms with Crippen LogP contribution in [0.3, 0.4) is 0 Å². The molecular weight excluding hydrogens is 692 g/mol. The van der Waals surface area contributed by atoms with Crippen molar-refractivity contribution in [3.63, 3.8) is 0 Å². The number of hydrogen-bond acceptors (Lipinski definition) is 7. The van der Waals surface area contributed by atoms with Crippen LogP contribution in [0.2, 0.25) is 0 Å². The number of halogens is 2. The van der Waals surface area contributed by atoms with E-state index >= 15 is 0 Å². The molecule has 1 N–H and O–H groups in total. The maximum Gasteiger partial charge on any atom is 0.307 e. The fourth-order valence-electron chi connectivity index (χ4n) is 3.27. The molecule has 0 bridgehead atoms. The van der Waals surface area contributed by atoms with Crippen LogP contribution in [-0.4, -0.2) is 23.7 Å². The number of fused-ring (bicyclic) bond motifs is 1. The number of nitrogens with one attached hydrogen (secondary N) is 1. The molecule has 0 spiro atoms. The second-order valence-corrected chi connectivity index (χ2v) is 9.79. The lowest BCUT2D eigenvalue weighted by Gasteiger charge is -2.11. The van der Waals surface area contributed by atoms with Gasteiger partial charge in [0.25, 0.3) is 5.69 Å². The smallest absolute Gasteiger partial charge is 0.307 e. The van der Waals surface area contributed by atoms with Crippen molar-refractivity contribution < 1.29 is 23.6 Å². The largest absolute Gasteiger partial charge is 0.494 e. The maximum atomic E-state index is 12.5. The van der Waals surface area contributed by atoms with Crippen LogP contribution in [0.1, 0.15) is 28.6 Å². The molecule has 0 aliphatic rings. The van der Waals surface area contributed by atoms with Crippen LogP contribution >= 0.6 is 45.2 Å². The van der Waals surface area contributed by atoms with Gasteiger partial charge in [0.2, 0.25) is 0 Å². The third-order valence-electron chi connectivity index (χ3n) is 4.95. The Kier molecular flexibility index (Phi) is 8.40. The van der Waals surface area contributed by atoms with Gasteiger partial charge in [-0.25, -0.2) is 5.43 Å². The number of rotatable bonds is 9. The molecule has 0 aliphatic heterocycles. The van der Waals surface area contributed by atoms with Crippen molar-refractivity contribution in [1.82, 2.24) is 5.43 Å². The minimum Gasteiger partial charge on any atom is -0.494 e. The minimum atomic E-state index is -0.465. The molecule has 0 saturated carbocycles. The molecule has 1 heterocycles. The van der Waals surface area contributed by atoms with Crippen molar-refractivity contribution in [1.29, 1.82) is 0 Å². The molecule has 9 nitrogen and oxygen atoms in total. The quantitative estimate of drug-likeness (QED) is 0.0945. The number of hydrazone groups is 1. The summed E-state index contributed by atoms with van der Waals surface area (Å²) < 4.78 is 18.7. The van der Waals surface area contributed by atoms with Crippen molar-refractivity contribution in [3.8, 4) is 11.5 Å². The fraction of sp³-hybridized carbons (Fsp3) is 0.120. The standard InChI is InChI=1S/C25H19I2N3O6/c1-2-34-19-7-8-22-17(11-19)12-23(36-22)25(31)29-28-13-16-9-20(26)24(21(27)10-16)35-14-15-3-5-18(6-4-15)30(32)33/h3-13H,2,14H2,1H3,(H,29,31)/b28-13+. The Morgan fingerprint density at radius 1 is 1.08 bits per heavy atom. The fourth-order valence-corrected chi connectivity index (χ4v) is 5.40. The number of amides is 1. The lowest BCUT2D eigenvalue weighted by atomic mass is 10.2. The lowest BCUT2D eigenvalue weighted by molar-refractivity contribution is -0.384. The van der Waals surface area contributed by atoms with Gasteiger partial charge in [-0.05, 0) is 112 Å². The van der Waals surface area contributed by atoms with Crippen LogP contribution in [0, 0.1) is 17.3 Å². The molecule has 1 amide bonds. The van der Waals surface area contributed by atoms with Crippen LogP contribution < -0.4 is 14.9 Å². The first-order valence-corrected chi connectivity index (χ1v) is 12.8. The summed E-state index contributed by atoms with van der Waals surface area (Å²) in [5.41, 5.74) is 4.70. The third kappa shape index (κ3) is 6.32. The van der Waals surface area contributed by atoms with Gasteiger partial charge in [0.1, 0.15) is 23.7 Å². The Bertz CT molecular complexity index is 1430. The molecule has 4 rings (SSSR count). The van der Waals surface area contributed by atoms with Crippen molar-refractivity contribution >= 4 is 74.0 Å². The van der Waals surface area contributed by atoms with E-state index in [1.807, 2.05) is 25.1 Å². The number of carbonyl (C=O) groups excluding carboxylic acids is 1. The first-order valence-electron chi connectivity index (χ1n) is 10.7. The Morgan fingerprint density at radius 3 is 2.47 bits per heavy atom. The molecule has 0 radical (unpaired) electrons. The van der Waals surface area contributed by atoms with E-state index in [0.29, 0.717) is 23.7 Å². The molecule has 0 fully saturated rings. The van der Waals surface area contributed by atoms with E-state index in [2.05, 4.69) is 55.7 Å². The molecular formula is C25H19I2N3O6. The zero-order chi connectivity index (χ0) is 25.7. The van der Waals surface area contributed by atoms with E-state index in [1.54, 1.807) is 30.3 Å². The number of ether oxygens (including phenoxy) is 2. The van der Waals surface area contributed by atoms with Gasteiger partial charge in [-0.1, -0.05) is 0 Å². The second-order valence-electron chi connectivity index (χ2n) is 7.47. The summed E-state index contributed by atoms with van der Waals surface area (Å²) in [6.45, 7) is 2.73. The number of nitro benzene ring substituents is 1. The monoisotopic (exact) mass is 711 g/mol. The highest BCUT2D eigenvalue weighted by atomic mass is 127.